The molecule has 0 aliphatic heterocycles. The molecule has 0 aromatic heterocycles. The van der Waals surface area contributed by atoms with Crippen LogP contribution < -0.4 is 14.8 Å². The van der Waals surface area contributed by atoms with E-state index in [-0.39, 0.29) is 42.2 Å². The van der Waals surface area contributed by atoms with E-state index in [1.165, 1.54) is 12.1 Å². The number of carboxylic acid groups (broad SMARTS) is 1. The van der Waals surface area contributed by atoms with Crippen molar-refractivity contribution in [1.29, 1.82) is 0 Å². The van der Waals surface area contributed by atoms with E-state index in [9.17, 15) is 24.3 Å². The zero-order valence-corrected chi connectivity index (χ0v) is 25.7. The monoisotopic (exact) mass is 563 g/mol. The summed E-state index contributed by atoms with van der Waals surface area (Å²) >= 11 is 0. The number of ether oxygens (including phenoxy) is 3. The lowest BCUT2D eigenvalue weighted by Gasteiger charge is -2.33. The number of esters is 3. The molecule has 1 rings (SSSR count). The average molecular weight is 564 g/mol. The first-order valence-electron chi connectivity index (χ1n) is 14.5. The maximum Gasteiger partial charge on any atom is 0.364 e. The molecule has 0 radical (unpaired) electrons. The molecule has 9 heteroatoms. The molecule has 0 aliphatic carbocycles. The summed E-state index contributed by atoms with van der Waals surface area (Å²) in [5.41, 5.74) is -1.63. The summed E-state index contributed by atoms with van der Waals surface area (Å²) in [7, 11) is 0. The van der Waals surface area contributed by atoms with Crippen molar-refractivity contribution in [3.63, 3.8) is 0 Å². The van der Waals surface area contributed by atoms with Crippen LogP contribution in [0.3, 0.4) is 0 Å². The maximum absolute atomic E-state index is 12.9. The molecule has 0 bridgehead atoms. The van der Waals surface area contributed by atoms with Crippen molar-refractivity contribution in [3.8, 4) is 11.5 Å². The predicted octanol–water partition coefficient (Wildman–Crippen LogP) is 5.92. The van der Waals surface area contributed by atoms with E-state index in [1.807, 2.05) is 48.5 Å². The number of hydrogen-bond acceptors (Lipinski definition) is 8. The molecule has 0 heterocycles. The van der Waals surface area contributed by atoms with Crippen molar-refractivity contribution in [2.45, 2.75) is 113 Å². The van der Waals surface area contributed by atoms with Gasteiger partial charge in [0.1, 0.15) is 0 Å². The van der Waals surface area contributed by atoms with Gasteiger partial charge >= 0.3 is 23.9 Å². The van der Waals surface area contributed by atoms with Crippen LogP contribution in [0, 0.1) is 23.7 Å². The Morgan fingerprint density at radius 1 is 0.850 bits per heavy atom. The topological polar surface area (TPSA) is 128 Å². The summed E-state index contributed by atoms with van der Waals surface area (Å²) in [6.45, 7) is 16.8. The number of hydrogen-bond donors (Lipinski definition) is 2. The zero-order chi connectivity index (χ0) is 30.6. The number of carboxylic acids is 1. The molecule has 226 valence electrons. The van der Waals surface area contributed by atoms with Crippen LogP contribution in [-0.4, -0.2) is 40.8 Å². The normalized spacial score (nSPS) is 15.2. The van der Waals surface area contributed by atoms with Gasteiger partial charge in [-0.05, 0) is 49.3 Å². The van der Waals surface area contributed by atoms with E-state index >= 15 is 0 Å². The van der Waals surface area contributed by atoms with Gasteiger partial charge in [-0.3, -0.25) is 19.7 Å². The Labute approximate surface area is 239 Å². The number of aliphatic carboxylic acids is 1. The third-order valence-electron chi connectivity index (χ3n) is 7.34. The van der Waals surface area contributed by atoms with Crippen molar-refractivity contribution in [1.82, 2.24) is 5.32 Å². The average Bonchev–Trinajstić information content (AvgIpc) is 2.88. The Hall–Kier alpha value is -2.94. The highest BCUT2D eigenvalue weighted by Crippen LogP contribution is 2.33. The fraction of sp³-hybridized carbons (Fsp3) is 0.677. The smallest absolute Gasteiger partial charge is 0.364 e. The molecule has 0 saturated heterocycles. The van der Waals surface area contributed by atoms with Gasteiger partial charge in [0.2, 0.25) is 0 Å². The van der Waals surface area contributed by atoms with Crippen LogP contribution in [0.1, 0.15) is 100.0 Å². The first kappa shape index (κ1) is 35.1. The SMILES string of the molecule is CCCCCC(=O)O[C@](Cc1ccc(OC(=O)C(C)C(C)C)c(OC(=O)C(C)C(C)C)c1)(NC(C)CC)C(=O)O. The molecule has 1 aromatic rings. The van der Waals surface area contributed by atoms with Gasteiger partial charge < -0.3 is 19.3 Å². The minimum absolute atomic E-state index is 0.00333. The van der Waals surface area contributed by atoms with Gasteiger partial charge in [-0.1, -0.05) is 74.3 Å². The molecule has 1 aromatic carbocycles. The van der Waals surface area contributed by atoms with Gasteiger partial charge in [-0.15, -0.1) is 0 Å². The molecule has 40 heavy (non-hydrogen) atoms. The molecule has 0 fully saturated rings. The number of nitrogens with one attached hydrogen (secondary N) is 1. The van der Waals surface area contributed by atoms with Crippen molar-refractivity contribution in [2.24, 2.45) is 23.7 Å². The van der Waals surface area contributed by atoms with Crippen LogP contribution in [-0.2, 0) is 30.3 Å². The fourth-order valence-electron chi connectivity index (χ4n) is 3.62. The van der Waals surface area contributed by atoms with Gasteiger partial charge in [0, 0.05) is 18.9 Å². The van der Waals surface area contributed by atoms with E-state index in [4.69, 9.17) is 14.2 Å². The van der Waals surface area contributed by atoms with Crippen molar-refractivity contribution in [2.75, 3.05) is 0 Å². The van der Waals surface area contributed by atoms with E-state index in [1.54, 1.807) is 19.9 Å². The summed E-state index contributed by atoms with van der Waals surface area (Å²) < 4.78 is 16.9. The predicted molar refractivity (Wildman–Crippen MR) is 153 cm³/mol. The minimum Gasteiger partial charge on any atom is -0.477 e. The molecular formula is C31H49NO8. The Morgan fingerprint density at radius 3 is 1.88 bits per heavy atom. The molecule has 2 N–H and O–H groups in total. The third kappa shape index (κ3) is 10.6. The van der Waals surface area contributed by atoms with Crippen LogP contribution >= 0.6 is 0 Å². The standard InChI is InChI=1S/C31H49NO8/c1-10-12-13-14-27(33)40-31(30(36)37,32-21(7)11-2)18-24-15-16-25(38-28(34)22(8)19(3)4)26(17-24)39-29(35)23(9)20(5)6/h15-17,19-23,32H,10-14,18H2,1-9H3,(H,36,37)/t21?,22?,23?,31-/m0/s1. The lowest BCUT2D eigenvalue weighted by molar-refractivity contribution is -0.184. The van der Waals surface area contributed by atoms with Crippen LogP contribution in [0.15, 0.2) is 18.2 Å². The Balaban J connectivity index is 3.51. The largest absolute Gasteiger partial charge is 0.477 e. The van der Waals surface area contributed by atoms with Crippen molar-refractivity contribution < 1.29 is 38.5 Å². The quantitative estimate of drug-likeness (QED) is 0.103. The fourth-order valence-corrected chi connectivity index (χ4v) is 3.62. The first-order valence-corrected chi connectivity index (χ1v) is 14.5. The summed E-state index contributed by atoms with van der Waals surface area (Å²) in [6.07, 6.45) is 2.79. The Kier molecular flexibility index (Phi) is 14.3. The second kappa shape index (κ2) is 16.4. The van der Waals surface area contributed by atoms with Gasteiger partial charge in [0.15, 0.2) is 11.5 Å². The lowest BCUT2D eigenvalue weighted by atomic mass is 9.98. The first-order chi connectivity index (χ1) is 18.7. The van der Waals surface area contributed by atoms with Gasteiger partial charge in [0.25, 0.3) is 5.72 Å². The zero-order valence-electron chi connectivity index (χ0n) is 25.7. The summed E-state index contributed by atoms with van der Waals surface area (Å²) in [5, 5.41) is 13.3. The second-order valence-electron chi connectivity index (χ2n) is 11.4. The highest BCUT2D eigenvalue weighted by atomic mass is 16.6. The van der Waals surface area contributed by atoms with Crippen LogP contribution in [0.2, 0.25) is 0 Å². The van der Waals surface area contributed by atoms with Crippen LogP contribution in [0.5, 0.6) is 11.5 Å². The number of unbranched alkanes of at least 4 members (excludes halogenated alkanes) is 2. The highest BCUT2D eigenvalue weighted by Gasteiger charge is 2.44. The Bertz CT molecular complexity index is 1010. The molecule has 0 saturated carbocycles. The van der Waals surface area contributed by atoms with E-state index < -0.39 is 41.4 Å². The number of carbonyl (C=O) groups is 4. The molecule has 0 amide bonds. The number of benzene rings is 1. The van der Waals surface area contributed by atoms with Crippen molar-refractivity contribution in [3.05, 3.63) is 23.8 Å². The number of carbonyl (C=O) groups excluding carboxylic acids is 3. The minimum atomic E-state index is -2.05. The Morgan fingerprint density at radius 2 is 1.40 bits per heavy atom. The molecule has 0 spiro atoms. The molecule has 4 atom stereocenters. The second-order valence-corrected chi connectivity index (χ2v) is 11.4. The molecule has 9 nitrogen and oxygen atoms in total. The molecular weight excluding hydrogens is 514 g/mol. The van der Waals surface area contributed by atoms with Crippen molar-refractivity contribution >= 4 is 23.9 Å². The van der Waals surface area contributed by atoms with Gasteiger partial charge in [0.05, 0.1) is 11.8 Å². The number of rotatable bonds is 17. The van der Waals surface area contributed by atoms with Crippen LogP contribution in [0.25, 0.3) is 0 Å². The van der Waals surface area contributed by atoms with Gasteiger partial charge in [-0.25, -0.2) is 4.79 Å². The van der Waals surface area contributed by atoms with Gasteiger partial charge in [-0.2, -0.15) is 0 Å². The lowest BCUT2D eigenvalue weighted by Crippen LogP contribution is -2.59. The molecule has 0 aliphatic rings. The van der Waals surface area contributed by atoms with E-state index in [0.717, 1.165) is 12.8 Å². The summed E-state index contributed by atoms with van der Waals surface area (Å²) in [6, 6.07) is 4.24. The summed E-state index contributed by atoms with van der Waals surface area (Å²) in [5.74, 6) is -3.68. The maximum atomic E-state index is 12.9. The molecule has 3 unspecified atom stereocenters. The van der Waals surface area contributed by atoms with Crippen LogP contribution in [0.4, 0.5) is 0 Å². The van der Waals surface area contributed by atoms with E-state index in [2.05, 4.69) is 5.32 Å². The third-order valence-corrected chi connectivity index (χ3v) is 7.34. The summed E-state index contributed by atoms with van der Waals surface area (Å²) in [4.78, 5) is 50.9. The van der Waals surface area contributed by atoms with E-state index in [0.29, 0.717) is 18.4 Å². The highest BCUT2D eigenvalue weighted by molar-refractivity contribution is 5.82.